The normalized spacial score (nSPS) is 24.5. The Hall–Kier alpha value is -2.49. The van der Waals surface area contributed by atoms with E-state index < -0.39 is 0 Å². The van der Waals surface area contributed by atoms with Gasteiger partial charge in [0.2, 0.25) is 0 Å². The van der Waals surface area contributed by atoms with E-state index in [4.69, 9.17) is 0 Å². The molecule has 2 aromatic carbocycles. The average molecular weight is 338 g/mol. The molecule has 2 amide bonds. The highest BCUT2D eigenvalue weighted by Crippen LogP contribution is 2.46. The molecule has 3 atom stereocenters. The maximum Gasteiger partial charge on any atom is 0.321 e. The van der Waals surface area contributed by atoms with Gasteiger partial charge >= 0.3 is 6.03 Å². The third kappa shape index (κ3) is 3.63. The molecule has 1 saturated heterocycles. The molecule has 4 nitrogen and oxygen atoms in total. The number of fused-ring (bicyclic) bond motifs is 1. The van der Waals surface area contributed by atoms with Gasteiger partial charge in [-0.15, -0.1) is 0 Å². The topological polar surface area (TPSA) is 52.6 Å². The number of amides is 2. The van der Waals surface area contributed by atoms with Crippen molar-refractivity contribution in [1.29, 1.82) is 0 Å². The van der Waals surface area contributed by atoms with Crippen LogP contribution in [0.5, 0.6) is 5.75 Å². The van der Waals surface area contributed by atoms with Crippen LogP contribution in [0.25, 0.3) is 0 Å². The minimum absolute atomic E-state index is 0. The van der Waals surface area contributed by atoms with Gasteiger partial charge in [0.15, 0.2) is 0 Å². The minimum atomic E-state index is -0.0358. The summed E-state index contributed by atoms with van der Waals surface area (Å²) >= 11 is 0. The molecule has 4 heteroatoms. The number of phenols is 1. The molecule has 1 heterocycles. The van der Waals surface area contributed by atoms with Gasteiger partial charge in [-0.1, -0.05) is 37.8 Å². The van der Waals surface area contributed by atoms with Gasteiger partial charge in [-0.25, -0.2) is 4.79 Å². The van der Waals surface area contributed by atoms with Gasteiger partial charge < -0.3 is 15.3 Å². The summed E-state index contributed by atoms with van der Waals surface area (Å²) in [7, 11) is 0. The van der Waals surface area contributed by atoms with Gasteiger partial charge in [0.25, 0.3) is 0 Å². The van der Waals surface area contributed by atoms with Crippen LogP contribution in [0, 0.1) is 11.8 Å². The van der Waals surface area contributed by atoms with Crippen LogP contribution >= 0.6 is 0 Å². The first-order valence-electron chi connectivity index (χ1n) is 8.59. The number of nitrogens with one attached hydrogen (secondary N) is 1. The molecule has 0 radical (unpaired) electrons. The number of phenolic OH excluding ortho intramolecular Hbond substituents is 1. The molecule has 4 rings (SSSR count). The number of urea groups is 1. The molecule has 2 N–H and O–H groups in total. The van der Waals surface area contributed by atoms with Crippen LogP contribution in [0.15, 0.2) is 54.6 Å². The lowest BCUT2D eigenvalue weighted by molar-refractivity contribution is 0.218. The fourth-order valence-electron chi connectivity index (χ4n) is 4.21. The molecule has 0 spiro atoms. The van der Waals surface area contributed by atoms with Crippen LogP contribution in [0.3, 0.4) is 0 Å². The highest BCUT2D eigenvalue weighted by Gasteiger charge is 2.42. The number of hydrogen-bond donors (Lipinski definition) is 2. The monoisotopic (exact) mass is 338 g/mol. The van der Waals surface area contributed by atoms with Crippen LogP contribution in [0.4, 0.5) is 10.5 Å². The summed E-state index contributed by atoms with van der Waals surface area (Å²) in [4.78, 5) is 14.4. The molecule has 1 unspecified atom stereocenters. The Kier molecular flexibility index (Phi) is 4.98. The molecule has 25 heavy (non-hydrogen) atoms. The van der Waals surface area contributed by atoms with E-state index in [1.807, 2.05) is 4.90 Å². The summed E-state index contributed by atoms with van der Waals surface area (Å²) in [5, 5.41) is 12.2. The van der Waals surface area contributed by atoms with Crippen LogP contribution in [0.1, 0.15) is 31.7 Å². The summed E-state index contributed by atoms with van der Waals surface area (Å²) in [5.74, 6) is 2.07. The lowest BCUT2D eigenvalue weighted by Crippen LogP contribution is -2.33. The Labute approximate surface area is 149 Å². The molecule has 2 aliphatic rings. The number of carbonyl (C=O) groups is 1. The molecule has 1 aliphatic carbocycles. The lowest BCUT2D eigenvalue weighted by atomic mass is 9.96. The second-order valence-electron chi connectivity index (χ2n) is 6.98. The summed E-state index contributed by atoms with van der Waals surface area (Å²) < 4.78 is 0. The first kappa shape index (κ1) is 17.3. The van der Waals surface area contributed by atoms with E-state index in [1.165, 1.54) is 18.4 Å². The van der Waals surface area contributed by atoms with E-state index in [9.17, 15) is 9.90 Å². The highest BCUT2D eigenvalue weighted by atomic mass is 16.3. The number of likely N-dealkylation sites (tertiary alicyclic amines) is 1. The zero-order chi connectivity index (χ0) is 16.5. The Bertz CT molecular complexity index is 700. The summed E-state index contributed by atoms with van der Waals surface area (Å²) in [6.07, 6.45) is 2.36. The van der Waals surface area contributed by atoms with E-state index >= 15 is 0 Å². The predicted molar refractivity (Wildman–Crippen MR) is 101 cm³/mol. The van der Waals surface area contributed by atoms with Crippen molar-refractivity contribution < 1.29 is 9.90 Å². The maximum absolute atomic E-state index is 12.4. The van der Waals surface area contributed by atoms with Crippen molar-refractivity contribution in [2.24, 2.45) is 11.8 Å². The Morgan fingerprint density at radius 1 is 0.960 bits per heavy atom. The van der Waals surface area contributed by atoms with Crippen molar-refractivity contribution in [2.45, 2.75) is 26.2 Å². The van der Waals surface area contributed by atoms with Crippen LogP contribution < -0.4 is 5.32 Å². The summed E-state index contributed by atoms with van der Waals surface area (Å²) in [6.45, 7) is 1.69. The van der Waals surface area contributed by atoms with Crippen LogP contribution in [0.2, 0.25) is 0 Å². The molecular formula is C21H26N2O2. The van der Waals surface area contributed by atoms with E-state index in [-0.39, 0.29) is 19.2 Å². The first-order valence-corrected chi connectivity index (χ1v) is 8.59. The average Bonchev–Trinajstić information content (AvgIpc) is 3.17. The molecule has 1 saturated carbocycles. The second kappa shape index (κ2) is 7.18. The number of rotatable bonds is 2. The highest BCUT2D eigenvalue weighted by molar-refractivity contribution is 5.89. The minimum Gasteiger partial charge on any atom is -0.508 e. The van der Waals surface area contributed by atoms with Crippen molar-refractivity contribution in [3.63, 3.8) is 0 Å². The molecule has 2 aromatic rings. The van der Waals surface area contributed by atoms with E-state index in [1.54, 1.807) is 24.3 Å². The van der Waals surface area contributed by atoms with Crippen molar-refractivity contribution in [1.82, 2.24) is 4.90 Å². The standard InChI is InChI=1S/C20H22N2O2.CH4/c23-19-8-6-18(7-9-19)21-20(24)22-12-16-10-15(11-17(16)13-22)14-4-2-1-3-5-14;/h1-9,15-17,23H,10-13H2,(H,21,24);1H4/t15?,16-,17+;. The van der Waals surface area contributed by atoms with Crippen molar-refractivity contribution in [3.8, 4) is 5.75 Å². The molecule has 0 bridgehead atoms. The molecular weight excluding hydrogens is 312 g/mol. The number of hydrogen-bond acceptors (Lipinski definition) is 2. The Morgan fingerprint density at radius 3 is 2.16 bits per heavy atom. The fraction of sp³-hybridized carbons (Fsp3) is 0.381. The summed E-state index contributed by atoms with van der Waals surface area (Å²) in [6, 6.07) is 17.3. The van der Waals surface area contributed by atoms with Crippen LogP contribution in [-0.2, 0) is 0 Å². The van der Waals surface area contributed by atoms with Gasteiger partial charge in [-0.05, 0) is 60.4 Å². The van der Waals surface area contributed by atoms with Crippen molar-refractivity contribution >= 4 is 11.7 Å². The van der Waals surface area contributed by atoms with E-state index in [2.05, 4.69) is 35.6 Å². The third-order valence-electron chi connectivity index (χ3n) is 5.43. The first-order chi connectivity index (χ1) is 11.7. The SMILES string of the molecule is C.O=C(Nc1ccc(O)cc1)N1C[C@H]2CC(c3ccccc3)C[C@H]2C1. The Balaban J connectivity index is 0.00000182. The molecule has 2 fully saturated rings. The van der Waals surface area contributed by atoms with Gasteiger partial charge in [0.1, 0.15) is 5.75 Å². The van der Waals surface area contributed by atoms with Gasteiger partial charge in [-0.2, -0.15) is 0 Å². The summed E-state index contributed by atoms with van der Waals surface area (Å²) in [5.41, 5.74) is 2.16. The third-order valence-corrected chi connectivity index (χ3v) is 5.43. The number of nitrogens with zero attached hydrogens (tertiary/aromatic N) is 1. The van der Waals surface area contributed by atoms with Crippen molar-refractivity contribution in [3.05, 3.63) is 60.2 Å². The number of anilines is 1. The fourth-order valence-corrected chi connectivity index (χ4v) is 4.21. The zero-order valence-corrected chi connectivity index (χ0v) is 13.6. The van der Waals surface area contributed by atoms with Crippen molar-refractivity contribution in [2.75, 3.05) is 18.4 Å². The lowest BCUT2D eigenvalue weighted by Gasteiger charge is -2.20. The largest absolute Gasteiger partial charge is 0.508 e. The molecule has 0 aromatic heterocycles. The maximum atomic E-state index is 12.4. The molecule has 132 valence electrons. The Morgan fingerprint density at radius 2 is 1.56 bits per heavy atom. The predicted octanol–water partition coefficient (Wildman–Crippen LogP) is 4.69. The quantitative estimate of drug-likeness (QED) is 0.781. The van der Waals surface area contributed by atoms with E-state index in [0.717, 1.165) is 18.8 Å². The number of aromatic hydroxyl groups is 1. The van der Waals surface area contributed by atoms with E-state index in [0.29, 0.717) is 17.8 Å². The van der Waals surface area contributed by atoms with Gasteiger partial charge in [-0.3, -0.25) is 0 Å². The second-order valence-corrected chi connectivity index (χ2v) is 6.98. The van der Waals surface area contributed by atoms with Gasteiger partial charge in [0, 0.05) is 18.8 Å². The van der Waals surface area contributed by atoms with Gasteiger partial charge in [0.05, 0.1) is 0 Å². The zero-order valence-electron chi connectivity index (χ0n) is 13.6. The molecule has 1 aliphatic heterocycles. The number of carbonyl (C=O) groups excluding carboxylic acids is 1. The van der Waals surface area contributed by atoms with Crippen LogP contribution in [-0.4, -0.2) is 29.1 Å². The smallest absolute Gasteiger partial charge is 0.321 e. The number of benzene rings is 2.